The summed E-state index contributed by atoms with van der Waals surface area (Å²) in [4.78, 5) is 9.97. The standard InChI is InChI=1S/C17H17NO7/c1-23-13-8-10(9-14(24-2)17(13)25-3)4-5-11-6-7-12(18(21)22)16(20)15(11)19/h4-9,19-20H,1-3H3. The predicted octanol–water partition coefficient (Wildman–Crippen LogP) is 3.20. The molecule has 2 N–H and O–H groups in total. The summed E-state index contributed by atoms with van der Waals surface area (Å²) in [5.41, 5.74) is 0.325. The number of nitrogens with zero attached hydrogens (tertiary/aromatic N) is 1. The molecule has 0 bridgehead atoms. The summed E-state index contributed by atoms with van der Waals surface area (Å²) in [7, 11) is 4.48. The minimum Gasteiger partial charge on any atom is -0.504 e. The number of phenolic OH excluding ortho intramolecular Hbond substituents is 2. The third kappa shape index (κ3) is 3.57. The predicted molar refractivity (Wildman–Crippen MR) is 91.5 cm³/mol. The summed E-state index contributed by atoms with van der Waals surface area (Å²) < 4.78 is 15.7. The van der Waals surface area contributed by atoms with Crippen molar-refractivity contribution < 1.29 is 29.3 Å². The van der Waals surface area contributed by atoms with Gasteiger partial charge in [-0.3, -0.25) is 10.1 Å². The van der Waals surface area contributed by atoms with Crippen LogP contribution in [0.5, 0.6) is 28.7 Å². The van der Waals surface area contributed by atoms with Gasteiger partial charge >= 0.3 is 5.69 Å². The molecule has 0 aromatic heterocycles. The van der Waals surface area contributed by atoms with Gasteiger partial charge in [0.1, 0.15) is 0 Å². The van der Waals surface area contributed by atoms with E-state index in [2.05, 4.69) is 0 Å². The average Bonchev–Trinajstić information content (AvgIpc) is 2.61. The molecule has 0 amide bonds. The van der Waals surface area contributed by atoms with Crippen LogP contribution in [0.3, 0.4) is 0 Å². The normalized spacial score (nSPS) is 10.7. The highest BCUT2D eigenvalue weighted by atomic mass is 16.6. The van der Waals surface area contributed by atoms with E-state index in [0.29, 0.717) is 22.8 Å². The summed E-state index contributed by atoms with van der Waals surface area (Å²) >= 11 is 0. The van der Waals surface area contributed by atoms with E-state index in [1.807, 2.05) is 0 Å². The fraction of sp³-hybridized carbons (Fsp3) is 0.176. The molecule has 0 heterocycles. The number of phenols is 2. The minimum absolute atomic E-state index is 0.219. The van der Waals surface area contributed by atoms with Crippen LogP contribution in [0.1, 0.15) is 11.1 Å². The molecule has 0 fully saturated rings. The smallest absolute Gasteiger partial charge is 0.314 e. The second kappa shape index (κ2) is 7.43. The van der Waals surface area contributed by atoms with E-state index in [9.17, 15) is 20.3 Å². The zero-order chi connectivity index (χ0) is 18.6. The number of nitro benzene ring substituents is 1. The van der Waals surface area contributed by atoms with Crippen molar-refractivity contribution in [2.45, 2.75) is 0 Å². The zero-order valence-electron chi connectivity index (χ0n) is 13.8. The first-order chi connectivity index (χ1) is 11.9. The summed E-state index contributed by atoms with van der Waals surface area (Å²) in [6.07, 6.45) is 3.13. The van der Waals surface area contributed by atoms with Crippen LogP contribution in [0.25, 0.3) is 12.2 Å². The summed E-state index contributed by atoms with van der Waals surface area (Å²) in [5, 5.41) is 30.4. The summed E-state index contributed by atoms with van der Waals surface area (Å²) in [6, 6.07) is 5.84. The molecule has 8 nitrogen and oxygen atoms in total. The molecule has 0 saturated heterocycles. The molecule has 2 aromatic rings. The zero-order valence-corrected chi connectivity index (χ0v) is 13.8. The van der Waals surface area contributed by atoms with Crippen LogP contribution >= 0.6 is 0 Å². The Labute approximate surface area is 143 Å². The molecular formula is C17H17NO7. The van der Waals surface area contributed by atoms with Crippen LogP contribution < -0.4 is 14.2 Å². The third-order valence-corrected chi connectivity index (χ3v) is 3.50. The minimum atomic E-state index is -0.781. The van der Waals surface area contributed by atoms with Crippen molar-refractivity contribution in [3.05, 3.63) is 45.5 Å². The monoisotopic (exact) mass is 347 g/mol. The van der Waals surface area contributed by atoms with Crippen LogP contribution in [0.15, 0.2) is 24.3 Å². The van der Waals surface area contributed by atoms with Crippen molar-refractivity contribution >= 4 is 17.8 Å². The SMILES string of the molecule is COc1cc(C=Cc2ccc([N+](=O)[O-])c(O)c2O)cc(OC)c1OC. The lowest BCUT2D eigenvalue weighted by Gasteiger charge is -2.12. The summed E-state index contributed by atoms with van der Waals surface area (Å²) in [5.74, 6) is 0.00227. The highest BCUT2D eigenvalue weighted by Gasteiger charge is 2.19. The van der Waals surface area contributed by atoms with Crippen molar-refractivity contribution in [1.29, 1.82) is 0 Å². The van der Waals surface area contributed by atoms with Gasteiger partial charge in [-0.25, -0.2) is 0 Å². The molecule has 25 heavy (non-hydrogen) atoms. The molecule has 0 aliphatic heterocycles. The van der Waals surface area contributed by atoms with Gasteiger partial charge in [-0.15, -0.1) is 0 Å². The maximum atomic E-state index is 10.7. The van der Waals surface area contributed by atoms with Gasteiger partial charge in [-0.05, 0) is 23.8 Å². The molecule has 0 aliphatic rings. The number of benzene rings is 2. The van der Waals surface area contributed by atoms with Crippen LogP contribution in [0, 0.1) is 10.1 Å². The molecule has 0 spiro atoms. The van der Waals surface area contributed by atoms with Gasteiger partial charge in [0.2, 0.25) is 11.5 Å². The molecule has 8 heteroatoms. The number of methoxy groups -OCH3 is 3. The van der Waals surface area contributed by atoms with Crippen LogP contribution in [0.4, 0.5) is 5.69 Å². The number of nitro groups is 1. The lowest BCUT2D eigenvalue weighted by atomic mass is 10.1. The Kier molecular flexibility index (Phi) is 5.33. The highest BCUT2D eigenvalue weighted by molar-refractivity contribution is 5.77. The summed E-state index contributed by atoms with van der Waals surface area (Å²) in [6.45, 7) is 0. The van der Waals surface area contributed by atoms with E-state index in [1.54, 1.807) is 18.2 Å². The van der Waals surface area contributed by atoms with Crippen LogP contribution in [-0.4, -0.2) is 36.5 Å². The molecule has 0 aliphatic carbocycles. The topological polar surface area (TPSA) is 111 Å². The van der Waals surface area contributed by atoms with E-state index in [0.717, 1.165) is 6.07 Å². The molecule has 0 radical (unpaired) electrons. The lowest BCUT2D eigenvalue weighted by Crippen LogP contribution is -1.95. The van der Waals surface area contributed by atoms with Gasteiger partial charge in [0, 0.05) is 11.6 Å². The van der Waals surface area contributed by atoms with E-state index >= 15 is 0 Å². The first kappa shape index (κ1) is 17.9. The first-order valence-electron chi connectivity index (χ1n) is 7.10. The van der Waals surface area contributed by atoms with Gasteiger partial charge < -0.3 is 24.4 Å². The van der Waals surface area contributed by atoms with E-state index in [1.165, 1.54) is 33.5 Å². The van der Waals surface area contributed by atoms with E-state index in [4.69, 9.17) is 14.2 Å². The Morgan fingerprint density at radius 1 is 0.960 bits per heavy atom. The van der Waals surface area contributed by atoms with Gasteiger partial charge in [0.05, 0.1) is 26.3 Å². The largest absolute Gasteiger partial charge is 0.504 e. The molecule has 0 atom stereocenters. The number of aromatic hydroxyl groups is 2. The number of rotatable bonds is 6. The molecule has 0 unspecified atom stereocenters. The molecule has 132 valence electrons. The molecule has 2 aromatic carbocycles. The Balaban J connectivity index is 2.43. The van der Waals surface area contributed by atoms with Gasteiger partial charge in [0.25, 0.3) is 0 Å². The number of hydrogen-bond acceptors (Lipinski definition) is 7. The third-order valence-electron chi connectivity index (χ3n) is 3.50. The highest BCUT2D eigenvalue weighted by Crippen LogP contribution is 2.40. The molecule has 0 saturated carbocycles. The second-order valence-corrected chi connectivity index (χ2v) is 4.92. The Hall–Kier alpha value is -3.42. The number of hydrogen-bond donors (Lipinski definition) is 2. The van der Waals surface area contributed by atoms with Crippen molar-refractivity contribution in [2.75, 3.05) is 21.3 Å². The van der Waals surface area contributed by atoms with Gasteiger partial charge in [-0.2, -0.15) is 0 Å². The van der Waals surface area contributed by atoms with Crippen molar-refractivity contribution in [3.63, 3.8) is 0 Å². The molecule has 2 rings (SSSR count). The van der Waals surface area contributed by atoms with Crippen LogP contribution in [0.2, 0.25) is 0 Å². The quantitative estimate of drug-likeness (QED) is 0.357. The van der Waals surface area contributed by atoms with E-state index in [-0.39, 0.29) is 5.56 Å². The molecular weight excluding hydrogens is 330 g/mol. The van der Waals surface area contributed by atoms with Gasteiger partial charge in [-0.1, -0.05) is 12.2 Å². The fourth-order valence-corrected chi connectivity index (χ4v) is 2.25. The van der Waals surface area contributed by atoms with Crippen molar-refractivity contribution in [3.8, 4) is 28.7 Å². The van der Waals surface area contributed by atoms with Crippen LogP contribution in [-0.2, 0) is 0 Å². The first-order valence-corrected chi connectivity index (χ1v) is 7.10. The van der Waals surface area contributed by atoms with Gasteiger partial charge in [0.15, 0.2) is 17.2 Å². The Bertz CT molecular complexity index is 805. The lowest BCUT2D eigenvalue weighted by molar-refractivity contribution is -0.386. The maximum Gasteiger partial charge on any atom is 0.314 e. The maximum absolute atomic E-state index is 10.7. The van der Waals surface area contributed by atoms with E-state index < -0.39 is 22.1 Å². The van der Waals surface area contributed by atoms with Crippen molar-refractivity contribution in [1.82, 2.24) is 0 Å². The Morgan fingerprint density at radius 3 is 2.04 bits per heavy atom. The second-order valence-electron chi connectivity index (χ2n) is 4.92. The average molecular weight is 347 g/mol. The van der Waals surface area contributed by atoms with Crippen molar-refractivity contribution in [2.24, 2.45) is 0 Å². The fourth-order valence-electron chi connectivity index (χ4n) is 2.25. The number of ether oxygens (including phenoxy) is 3. The Morgan fingerprint density at radius 2 is 1.56 bits per heavy atom.